The molecule has 14 heteroatoms. The molecule has 1 saturated heterocycles. The summed E-state index contributed by atoms with van der Waals surface area (Å²) in [6.45, 7) is 0.842. The number of fused-ring (bicyclic) bond motifs is 1. The predicted molar refractivity (Wildman–Crippen MR) is 121 cm³/mol. The highest BCUT2D eigenvalue weighted by Crippen LogP contribution is 2.37. The average Bonchev–Trinajstić information content (AvgIpc) is 3.37. The summed E-state index contributed by atoms with van der Waals surface area (Å²) in [6.07, 6.45) is 1.56. The molecule has 4 rings (SSSR count). The number of anilines is 1. The number of sulfonamides is 2. The number of halogens is 2. The third kappa shape index (κ3) is 4.03. The Balaban J connectivity index is 1.73. The van der Waals surface area contributed by atoms with Crippen molar-refractivity contribution in [2.75, 3.05) is 24.9 Å². The van der Waals surface area contributed by atoms with E-state index in [0.29, 0.717) is 13.1 Å². The summed E-state index contributed by atoms with van der Waals surface area (Å²) in [5.74, 6) is -0.787. The fraction of sp³-hybridized carbons (Fsp3) is 0.278. The number of oxazole rings is 1. The fourth-order valence-electron chi connectivity index (χ4n) is 3.47. The summed E-state index contributed by atoms with van der Waals surface area (Å²) in [5, 5.41) is -0.291. The van der Waals surface area contributed by atoms with Gasteiger partial charge in [0, 0.05) is 23.6 Å². The number of H-pyrrole nitrogens is 1. The molecule has 0 radical (unpaired) electrons. The third-order valence-electron chi connectivity index (χ3n) is 4.93. The van der Waals surface area contributed by atoms with Crippen LogP contribution in [0, 0.1) is 0 Å². The van der Waals surface area contributed by atoms with Crippen LogP contribution in [0.1, 0.15) is 12.8 Å². The second-order valence-corrected chi connectivity index (χ2v) is 11.7. The summed E-state index contributed by atoms with van der Waals surface area (Å²) >= 11 is 9.37. The van der Waals surface area contributed by atoms with Gasteiger partial charge in [-0.05, 0) is 47.0 Å². The lowest BCUT2D eigenvalue weighted by Gasteiger charge is -2.18. The smallest absolute Gasteiger partial charge is 0.417 e. The molecule has 3 aromatic rings. The molecule has 1 aliphatic rings. The van der Waals surface area contributed by atoms with Gasteiger partial charge >= 0.3 is 5.76 Å². The molecule has 32 heavy (non-hydrogen) atoms. The van der Waals surface area contributed by atoms with E-state index in [9.17, 15) is 21.6 Å². The third-order valence-corrected chi connectivity index (χ3v) is 9.69. The number of rotatable bonds is 6. The Bertz CT molecular complexity index is 1480. The van der Waals surface area contributed by atoms with Crippen molar-refractivity contribution < 1.29 is 26.0 Å². The summed E-state index contributed by atoms with van der Waals surface area (Å²) in [5.41, 5.74) is 0.176. The molecular weight excluding hydrogens is 550 g/mol. The maximum Gasteiger partial charge on any atom is 0.417 e. The van der Waals surface area contributed by atoms with Crippen LogP contribution in [-0.2, 0) is 20.0 Å². The second-order valence-electron chi connectivity index (χ2n) is 6.98. The maximum absolute atomic E-state index is 13.1. The lowest BCUT2D eigenvalue weighted by Crippen LogP contribution is -2.28. The Labute approximate surface area is 196 Å². The standard InChI is InChI=1S/C18H17BrClN3O7S2/c1-29-13-8-10(4-5-14(13)32(27,28)23-6-2-3-7-23)22-31(25,26)17-11(19)9-12-16(15(17)20)30-18(24)21-12/h4-5,8-9,22H,2-3,6-7H2,1H3,(H,21,24). The van der Waals surface area contributed by atoms with Crippen molar-refractivity contribution in [3.05, 3.63) is 44.3 Å². The Kier molecular flexibility index (Phi) is 6.05. The van der Waals surface area contributed by atoms with E-state index in [4.69, 9.17) is 20.8 Å². The maximum atomic E-state index is 13.1. The number of hydrogen-bond donors (Lipinski definition) is 2. The van der Waals surface area contributed by atoms with Crippen molar-refractivity contribution in [1.82, 2.24) is 9.29 Å². The number of aromatic amines is 1. The van der Waals surface area contributed by atoms with Gasteiger partial charge in [0.25, 0.3) is 10.0 Å². The molecule has 1 aromatic heterocycles. The minimum Gasteiger partial charge on any atom is -0.495 e. The van der Waals surface area contributed by atoms with Crippen LogP contribution in [-0.4, -0.2) is 46.3 Å². The number of ether oxygens (including phenoxy) is 1. The zero-order chi connectivity index (χ0) is 23.3. The molecule has 2 aromatic carbocycles. The van der Waals surface area contributed by atoms with Crippen LogP contribution >= 0.6 is 27.5 Å². The average molecular weight is 567 g/mol. The van der Waals surface area contributed by atoms with Gasteiger partial charge in [0.1, 0.15) is 20.6 Å². The van der Waals surface area contributed by atoms with E-state index in [0.717, 1.165) is 12.8 Å². The number of nitrogens with zero attached hydrogens (tertiary/aromatic N) is 1. The van der Waals surface area contributed by atoms with Gasteiger partial charge in [-0.25, -0.2) is 21.6 Å². The first-order chi connectivity index (χ1) is 15.0. The van der Waals surface area contributed by atoms with Crippen LogP contribution < -0.4 is 15.2 Å². The highest BCUT2D eigenvalue weighted by atomic mass is 79.9. The Hall–Kier alpha value is -2.06. The topological polar surface area (TPSA) is 139 Å². The first-order valence-corrected chi connectivity index (χ1v) is 13.4. The van der Waals surface area contributed by atoms with Crippen LogP contribution in [0.4, 0.5) is 5.69 Å². The van der Waals surface area contributed by atoms with Crippen LogP contribution in [0.25, 0.3) is 11.1 Å². The number of nitrogens with one attached hydrogen (secondary N) is 2. The van der Waals surface area contributed by atoms with Gasteiger partial charge in [0.15, 0.2) is 5.58 Å². The Morgan fingerprint density at radius 1 is 1.19 bits per heavy atom. The molecule has 0 atom stereocenters. The molecule has 0 spiro atoms. The molecule has 1 fully saturated rings. The van der Waals surface area contributed by atoms with Crippen LogP contribution in [0.15, 0.2) is 47.7 Å². The SMILES string of the molecule is COc1cc(NS(=O)(=O)c2c(Br)cc3[nH]c(=O)oc3c2Cl)ccc1S(=O)(=O)N1CCCC1. The normalized spacial score (nSPS) is 15.3. The lowest BCUT2D eigenvalue weighted by atomic mass is 10.3. The summed E-state index contributed by atoms with van der Waals surface area (Å²) in [4.78, 5) is 13.5. The quantitative estimate of drug-likeness (QED) is 0.467. The van der Waals surface area contributed by atoms with Gasteiger partial charge in [-0.3, -0.25) is 9.71 Å². The highest BCUT2D eigenvalue weighted by Gasteiger charge is 2.31. The molecular formula is C18H17BrClN3O7S2. The van der Waals surface area contributed by atoms with E-state index in [1.165, 1.54) is 35.7 Å². The minimum atomic E-state index is -4.27. The number of aromatic nitrogens is 1. The number of hydrogen-bond acceptors (Lipinski definition) is 7. The minimum absolute atomic E-state index is 0.00524. The van der Waals surface area contributed by atoms with E-state index in [1.807, 2.05) is 0 Å². The van der Waals surface area contributed by atoms with Crippen LogP contribution in [0.5, 0.6) is 5.75 Å². The van der Waals surface area contributed by atoms with Gasteiger partial charge in [0.05, 0.1) is 18.3 Å². The van der Waals surface area contributed by atoms with Crippen LogP contribution in [0.2, 0.25) is 5.02 Å². The molecule has 2 heterocycles. The molecule has 0 unspecified atom stereocenters. The summed E-state index contributed by atoms with van der Waals surface area (Å²) in [6, 6.07) is 5.24. The largest absolute Gasteiger partial charge is 0.495 e. The summed E-state index contributed by atoms with van der Waals surface area (Å²) in [7, 11) is -6.74. The molecule has 172 valence electrons. The lowest BCUT2D eigenvalue weighted by molar-refractivity contribution is 0.398. The number of methoxy groups -OCH3 is 1. The molecule has 0 aliphatic carbocycles. The Morgan fingerprint density at radius 2 is 1.88 bits per heavy atom. The van der Waals surface area contributed by atoms with Crippen molar-refractivity contribution in [1.29, 1.82) is 0 Å². The van der Waals surface area contributed by atoms with E-state index < -0.39 is 25.8 Å². The van der Waals surface area contributed by atoms with E-state index in [2.05, 4.69) is 25.6 Å². The van der Waals surface area contributed by atoms with E-state index >= 15 is 0 Å². The zero-order valence-corrected chi connectivity index (χ0v) is 20.5. The zero-order valence-electron chi connectivity index (χ0n) is 16.5. The molecule has 0 saturated carbocycles. The Morgan fingerprint density at radius 3 is 2.53 bits per heavy atom. The van der Waals surface area contributed by atoms with Gasteiger partial charge in [-0.1, -0.05) is 11.6 Å². The van der Waals surface area contributed by atoms with Crippen molar-refractivity contribution >= 4 is 64.4 Å². The summed E-state index contributed by atoms with van der Waals surface area (Å²) < 4.78 is 65.9. The highest BCUT2D eigenvalue weighted by molar-refractivity contribution is 9.10. The van der Waals surface area contributed by atoms with Gasteiger partial charge in [-0.2, -0.15) is 4.31 Å². The van der Waals surface area contributed by atoms with E-state index in [-0.39, 0.29) is 41.8 Å². The molecule has 2 N–H and O–H groups in total. The molecule has 0 bridgehead atoms. The molecule has 1 aliphatic heterocycles. The van der Waals surface area contributed by atoms with Crippen LogP contribution in [0.3, 0.4) is 0 Å². The number of benzene rings is 2. The predicted octanol–water partition coefficient (Wildman–Crippen LogP) is 3.13. The second kappa shape index (κ2) is 8.37. The first kappa shape index (κ1) is 23.1. The monoisotopic (exact) mass is 565 g/mol. The van der Waals surface area contributed by atoms with Gasteiger partial charge < -0.3 is 9.15 Å². The van der Waals surface area contributed by atoms with Crippen molar-refractivity contribution in [3.8, 4) is 5.75 Å². The molecule has 0 amide bonds. The van der Waals surface area contributed by atoms with Gasteiger partial charge in [-0.15, -0.1) is 0 Å². The van der Waals surface area contributed by atoms with Crippen molar-refractivity contribution in [2.45, 2.75) is 22.6 Å². The van der Waals surface area contributed by atoms with Crippen molar-refractivity contribution in [3.63, 3.8) is 0 Å². The van der Waals surface area contributed by atoms with Crippen molar-refractivity contribution in [2.24, 2.45) is 0 Å². The van der Waals surface area contributed by atoms with E-state index in [1.54, 1.807) is 0 Å². The van der Waals surface area contributed by atoms with Gasteiger partial charge in [0.2, 0.25) is 10.0 Å². The molecule has 10 nitrogen and oxygen atoms in total. The fourth-order valence-corrected chi connectivity index (χ4v) is 8.03. The first-order valence-electron chi connectivity index (χ1n) is 9.26.